The highest BCUT2D eigenvalue weighted by molar-refractivity contribution is 5.95. The first-order valence-electron chi connectivity index (χ1n) is 5.92. The highest BCUT2D eigenvalue weighted by atomic mass is 16.5. The molecular weight excluding hydrogens is 232 g/mol. The largest absolute Gasteiger partial charge is 0.469 e. The average molecular weight is 250 g/mol. The number of hydrogen-bond donors (Lipinski definition) is 1. The minimum Gasteiger partial charge on any atom is -0.469 e. The van der Waals surface area contributed by atoms with E-state index in [9.17, 15) is 14.7 Å². The molecule has 0 aliphatic rings. The standard InChI is InChI=1S/C14H18O4/c1-18-14(17)10-13(16)9-12(15)8-7-11-5-3-2-4-6-11/h2-6,12,15H,7-10H2,1H3/t12-/m0/s1. The van der Waals surface area contributed by atoms with Gasteiger partial charge in [-0.25, -0.2) is 0 Å². The minimum absolute atomic E-state index is 0.00192. The van der Waals surface area contributed by atoms with Crippen LogP contribution in [0.3, 0.4) is 0 Å². The molecule has 0 bridgehead atoms. The molecule has 0 saturated heterocycles. The second kappa shape index (κ2) is 7.61. The average Bonchev–Trinajstić information content (AvgIpc) is 2.37. The van der Waals surface area contributed by atoms with Crippen LogP contribution in [0.5, 0.6) is 0 Å². The minimum atomic E-state index is -0.706. The molecule has 0 saturated carbocycles. The fourth-order valence-corrected chi connectivity index (χ4v) is 1.65. The van der Waals surface area contributed by atoms with Crippen LogP contribution < -0.4 is 0 Å². The summed E-state index contributed by atoms with van der Waals surface area (Å²) in [4.78, 5) is 22.2. The monoisotopic (exact) mass is 250 g/mol. The number of rotatable bonds is 7. The molecule has 1 atom stereocenters. The maximum atomic E-state index is 11.4. The Morgan fingerprint density at radius 3 is 2.56 bits per heavy atom. The lowest BCUT2D eigenvalue weighted by Crippen LogP contribution is -2.17. The summed E-state index contributed by atoms with van der Waals surface area (Å²) < 4.78 is 4.39. The van der Waals surface area contributed by atoms with Crippen molar-refractivity contribution in [3.8, 4) is 0 Å². The Morgan fingerprint density at radius 1 is 1.28 bits per heavy atom. The van der Waals surface area contributed by atoms with Crippen LogP contribution in [0.15, 0.2) is 30.3 Å². The van der Waals surface area contributed by atoms with Crippen LogP contribution in [0.1, 0.15) is 24.8 Å². The van der Waals surface area contributed by atoms with Crippen LogP contribution in [0.2, 0.25) is 0 Å². The van der Waals surface area contributed by atoms with Crippen LogP contribution in [-0.2, 0) is 20.7 Å². The topological polar surface area (TPSA) is 63.6 Å². The van der Waals surface area contributed by atoms with E-state index in [4.69, 9.17) is 0 Å². The lowest BCUT2D eigenvalue weighted by Gasteiger charge is -2.09. The van der Waals surface area contributed by atoms with Gasteiger partial charge in [-0.3, -0.25) is 9.59 Å². The van der Waals surface area contributed by atoms with Crippen molar-refractivity contribution in [3.63, 3.8) is 0 Å². The first kappa shape index (κ1) is 14.4. The normalized spacial score (nSPS) is 11.9. The summed E-state index contributed by atoms with van der Waals surface area (Å²) in [7, 11) is 1.24. The lowest BCUT2D eigenvalue weighted by molar-refractivity contribution is -0.143. The molecule has 0 spiro atoms. The van der Waals surface area contributed by atoms with Crippen molar-refractivity contribution in [2.75, 3.05) is 7.11 Å². The van der Waals surface area contributed by atoms with Gasteiger partial charge >= 0.3 is 5.97 Å². The van der Waals surface area contributed by atoms with Gasteiger partial charge in [0.25, 0.3) is 0 Å². The van der Waals surface area contributed by atoms with Gasteiger partial charge in [-0.1, -0.05) is 30.3 Å². The second-order valence-corrected chi connectivity index (χ2v) is 4.17. The number of hydrogen-bond acceptors (Lipinski definition) is 4. The highest BCUT2D eigenvalue weighted by Gasteiger charge is 2.14. The number of aliphatic hydroxyl groups is 1. The van der Waals surface area contributed by atoms with Crippen LogP contribution >= 0.6 is 0 Å². The number of methoxy groups -OCH3 is 1. The molecule has 4 nitrogen and oxygen atoms in total. The molecule has 0 fully saturated rings. The van der Waals surface area contributed by atoms with E-state index in [2.05, 4.69) is 4.74 Å². The molecule has 0 unspecified atom stereocenters. The zero-order valence-corrected chi connectivity index (χ0v) is 10.5. The van der Waals surface area contributed by atoms with Crippen molar-refractivity contribution in [1.82, 2.24) is 0 Å². The zero-order chi connectivity index (χ0) is 13.4. The van der Waals surface area contributed by atoms with Gasteiger partial charge in [0.15, 0.2) is 0 Å². The van der Waals surface area contributed by atoms with E-state index >= 15 is 0 Å². The number of Topliss-reactive ketones (excluding diaryl/α,β-unsaturated/α-hetero) is 1. The third-order valence-electron chi connectivity index (χ3n) is 2.64. The van der Waals surface area contributed by atoms with Gasteiger partial charge in [-0.2, -0.15) is 0 Å². The number of benzene rings is 1. The number of ether oxygens (including phenoxy) is 1. The maximum Gasteiger partial charge on any atom is 0.313 e. The van der Waals surface area contributed by atoms with Gasteiger partial charge in [0.1, 0.15) is 12.2 Å². The van der Waals surface area contributed by atoms with Crippen molar-refractivity contribution in [2.24, 2.45) is 0 Å². The highest BCUT2D eigenvalue weighted by Crippen LogP contribution is 2.08. The molecule has 4 heteroatoms. The molecule has 98 valence electrons. The molecule has 1 aromatic rings. The quantitative estimate of drug-likeness (QED) is 0.588. The molecule has 0 radical (unpaired) electrons. The maximum absolute atomic E-state index is 11.4. The van der Waals surface area contributed by atoms with Crippen molar-refractivity contribution >= 4 is 11.8 Å². The predicted molar refractivity (Wildman–Crippen MR) is 67.0 cm³/mol. The first-order chi connectivity index (χ1) is 8.61. The number of ketones is 1. The molecule has 1 aromatic carbocycles. The van der Waals surface area contributed by atoms with Crippen molar-refractivity contribution in [2.45, 2.75) is 31.8 Å². The Hall–Kier alpha value is -1.68. The van der Waals surface area contributed by atoms with Crippen LogP contribution in [0.4, 0.5) is 0 Å². The smallest absolute Gasteiger partial charge is 0.313 e. The number of esters is 1. The summed E-state index contributed by atoms with van der Waals surface area (Å²) in [6.45, 7) is 0. The van der Waals surface area contributed by atoms with Gasteiger partial charge in [-0.15, -0.1) is 0 Å². The fourth-order valence-electron chi connectivity index (χ4n) is 1.65. The van der Waals surface area contributed by atoms with Gasteiger partial charge in [-0.05, 0) is 18.4 Å². The summed E-state index contributed by atoms with van der Waals surface area (Å²) in [5, 5.41) is 9.69. The van der Waals surface area contributed by atoms with E-state index in [0.717, 1.165) is 5.56 Å². The summed E-state index contributed by atoms with van der Waals surface area (Å²) in [5.74, 6) is -0.849. The van der Waals surface area contributed by atoms with E-state index < -0.39 is 12.1 Å². The molecular formula is C14H18O4. The Kier molecular flexibility index (Phi) is 6.08. The van der Waals surface area contributed by atoms with Gasteiger partial charge in [0.05, 0.1) is 13.2 Å². The molecule has 0 amide bonds. The number of aryl methyl sites for hydroxylation is 1. The Balaban J connectivity index is 2.27. The molecule has 1 rings (SSSR count). The molecule has 18 heavy (non-hydrogen) atoms. The second-order valence-electron chi connectivity index (χ2n) is 4.17. The van der Waals surface area contributed by atoms with E-state index in [0.29, 0.717) is 12.8 Å². The Labute approximate surface area is 107 Å². The summed E-state index contributed by atoms with van der Waals surface area (Å²) in [6.07, 6.45) is 0.257. The van der Waals surface area contributed by atoms with Crippen LogP contribution in [-0.4, -0.2) is 30.1 Å². The predicted octanol–water partition coefficient (Wildman–Crippen LogP) is 1.50. The van der Waals surface area contributed by atoms with Crippen LogP contribution in [0, 0.1) is 0 Å². The van der Waals surface area contributed by atoms with Crippen molar-refractivity contribution < 1.29 is 19.4 Å². The van der Waals surface area contributed by atoms with Crippen LogP contribution in [0.25, 0.3) is 0 Å². The van der Waals surface area contributed by atoms with Gasteiger partial charge < -0.3 is 9.84 Å². The molecule has 0 aromatic heterocycles. The Morgan fingerprint density at radius 2 is 1.94 bits per heavy atom. The first-order valence-corrected chi connectivity index (χ1v) is 5.92. The van der Waals surface area contributed by atoms with E-state index in [1.165, 1.54) is 7.11 Å². The number of aliphatic hydroxyl groups excluding tert-OH is 1. The summed E-state index contributed by atoms with van der Waals surface area (Å²) in [5.41, 5.74) is 1.12. The number of carbonyl (C=O) groups excluding carboxylic acids is 2. The molecule has 1 N–H and O–H groups in total. The lowest BCUT2D eigenvalue weighted by atomic mass is 10.0. The third kappa shape index (κ3) is 5.59. The van der Waals surface area contributed by atoms with E-state index in [-0.39, 0.29) is 18.6 Å². The van der Waals surface area contributed by atoms with Crippen molar-refractivity contribution in [3.05, 3.63) is 35.9 Å². The SMILES string of the molecule is COC(=O)CC(=O)C[C@@H](O)CCc1ccccc1. The van der Waals surface area contributed by atoms with Crippen molar-refractivity contribution in [1.29, 1.82) is 0 Å². The molecule has 0 aliphatic heterocycles. The van der Waals surface area contributed by atoms with Gasteiger partial charge in [0.2, 0.25) is 0 Å². The number of carbonyl (C=O) groups is 2. The van der Waals surface area contributed by atoms with E-state index in [1.54, 1.807) is 0 Å². The zero-order valence-electron chi connectivity index (χ0n) is 10.5. The fraction of sp³-hybridized carbons (Fsp3) is 0.429. The molecule has 0 heterocycles. The summed E-state index contributed by atoms with van der Waals surface area (Å²) >= 11 is 0. The third-order valence-corrected chi connectivity index (χ3v) is 2.64. The summed E-state index contributed by atoms with van der Waals surface area (Å²) in [6, 6.07) is 9.75. The van der Waals surface area contributed by atoms with E-state index in [1.807, 2.05) is 30.3 Å². The van der Waals surface area contributed by atoms with Gasteiger partial charge in [0, 0.05) is 6.42 Å². The Bertz CT molecular complexity index is 386. The molecule has 0 aliphatic carbocycles.